The number of aromatic hydroxyl groups is 1. The summed E-state index contributed by atoms with van der Waals surface area (Å²) in [6.07, 6.45) is 0.544. The van der Waals surface area contributed by atoms with Gasteiger partial charge in [-0.3, -0.25) is 9.59 Å². The Morgan fingerprint density at radius 3 is 2.34 bits per heavy atom. The maximum atomic E-state index is 11.1. The summed E-state index contributed by atoms with van der Waals surface area (Å²) in [7, 11) is 0. The largest absolute Gasteiger partial charge is 0.505 e. The van der Waals surface area contributed by atoms with Crippen LogP contribution in [-0.2, 0) is 24.5 Å². The van der Waals surface area contributed by atoms with E-state index in [1.807, 2.05) is 45.0 Å². The summed E-state index contributed by atoms with van der Waals surface area (Å²) in [5.41, 5.74) is 2.11. The number of fused-ring (bicyclic) bond motifs is 1. The van der Waals surface area contributed by atoms with Crippen LogP contribution in [-0.4, -0.2) is 57.6 Å². The van der Waals surface area contributed by atoms with Gasteiger partial charge in [0.2, 0.25) is 0 Å². The zero-order valence-corrected chi connectivity index (χ0v) is 21.5. The predicted molar refractivity (Wildman–Crippen MR) is 133 cm³/mol. The molecule has 0 aliphatic carbocycles. The molecule has 3 rings (SSSR count). The number of rotatable bonds is 10. The van der Waals surface area contributed by atoms with E-state index in [4.69, 9.17) is 14.2 Å². The van der Waals surface area contributed by atoms with Gasteiger partial charge >= 0.3 is 11.9 Å². The Balaban J connectivity index is 1.85. The average molecular weight is 502 g/mol. The van der Waals surface area contributed by atoms with Crippen molar-refractivity contribution < 1.29 is 28.9 Å². The maximum absolute atomic E-state index is 11.1. The van der Waals surface area contributed by atoms with Crippen molar-refractivity contribution in [2.24, 2.45) is 0 Å². The molecule has 0 aliphatic rings. The molecule has 0 bridgehead atoms. The molecule has 0 fully saturated rings. The molecule has 1 heterocycles. The lowest BCUT2D eigenvalue weighted by Gasteiger charge is -2.23. The van der Waals surface area contributed by atoms with E-state index in [0.717, 1.165) is 4.90 Å². The van der Waals surface area contributed by atoms with Gasteiger partial charge in [0.1, 0.15) is 34.8 Å². The minimum atomic E-state index is -0.353. The number of carbonyl (C=O) groups excluding carboxylic acids is 2. The van der Waals surface area contributed by atoms with E-state index < -0.39 is 0 Å². The van der Waals surface area contributed by atoms with Gasteiger partial charge < -0.3 is 19.3 Å². The molecule has 0 atom stereocenters. The van der Waals surface area contributed by atoms with Gasteiger partial charge in [-0.15, -0.1) is 26.8 Å². The highest BCUT2D eigenvalue weighted by Crippen LogP contribution is 2.38. The van der Waals surface area contributed by atoms with Gasteiger partial charge in [0.25, 0.3) is 0 Å². The Kier molecular flexibility index (Phi) is 8.61. The van der Waals surface area contributed by atoms with Gasteiger partial charge in [-0.05, 0) is 29.7 Å². The number of carbonyl (C=O) groups is 2. The van der Waals surface area contributed by atoms with E-state index in [9.17, 15) is 14.7 Å². The van der Waals surface area contributed by atoms with Crippen molar-refractivity contribution in [3.8, 4) is 17.2 Å². The maximum Gasteiger partial charge on any atom is 0.302 e. The van der Waals surface area contributed by atoms with Crippen molar-refractivity contribution in [1.29, 1.82) is 0 Å². The first-order chi connectivity index (χ1) is 16.5. The lowest BCUT2D eigenvalue weighted by Crippen LogP contribution is -2.14. The van der Waals surface area contributed by atoms with Crippen LogP contribution in [0.25, 0.3) is 16.7 Å². The molecule has 9 nitrogen and oxygen atoms in total. The van der Waals surface area contributed by atoms with E-state index in [-0.39, 0.29) is 29.7 Å². The summed E-state index contributed by atoms with van der Waals surface area (Å²) in [5.74, 6) is 0.657. The molecule has 3 aromatic rings. The molecule has 0 aliphatic heterocycles. The van der Waals surface area contributed by atoms with Crippen molar-refractivity contribution in [3.63, 3.8) is 0 Å². The molecule has 0 amide bonds. The minimum Gasteiger partial charge on any atom is -0.505 e. The summed E-state index contributed by atoms with van der Waals surface area (Å²) in [6, 6.07) is 9.22. The molecule has 1 N–H and O–H groups in total. The zero-order valence-electron chi connectivity index (χ0n) is 20.7. The smallest absolute Gasteiger partial charge is 0.302 e. The fourth-order valence-electron chi connectivity index (χ4n) is 3.30. The molecule has 0 radical (unpaired) electrons. The van der Waals surface area contributed by atoms with Gasteiger partial charge in [-0.2, -0.15) is 0 Å². The summed E-state index contributed by atoms with van der Waals surface area (Å²) < 4.78 is 15.8. The number of hydrogen-bond acceptors (Lipinski definition) is 9. The Morgan fingerprint density at radius 2 is 1.66 bits per heavy atom. The van der Waals surface area contributed by atoms with E-state index >= 15 is 0 Å². The van der Waals surface area contributed by atoms with Gasteiger partial charge in [-0.1, -0.05) is 20.8 Å². The van der Waals surface area contributed by atoms with Crippen LogP contribution in [0.2, 0.25) is 0 Å². The predicted octanol–water partition coefficient (Wildman–Crippen LogP) is 4.41. The van der Waals surface area contributed by atoms with Gasteiger partial charge in [0.15, 0.2) is 0 Å². The number of phenolic OH excluding ortho intramolecular Hbond substituents is 1. The second-order valence-corrected chi connectivity index (χ2v) is 10.1. The van der Waals surface area contributed by atoms with Gasteiger partial charge in [0, 0.05) is 42.5 Å². The number of esters is 2. The quantitative estimate of drug-likeness (QED) is 0.245. The van der Waals surface area contributed by atoms with Crippen molar-refractivity contribution >= 4 is 34.7 Å². The summed E-state index contributed by atoms with van der Waals surface area (Å²) in [5, 5.41) is 20.2. The van der Waals surface area contributed by atoms with Crippen molar-refractivity contribution in [1.82, 2.24) is 15.0 Å². The van der Waals surface area contributed by atoms with E-state index in [0.29, 0.717) is 53.4 Å². The fourth-order valence-corrected chi connectivity index (χ4v) is 4.06. The highest BCUT2D eigenvalue weighted by molar-refractivity contribution is 7.99. The first-order valence-electron chi connectivity index (χ1n) is 11.3. The third-order valence-corrected chi connectivity index (χ3v) is 5.92. The average Bonchev–Trinajstić information content (AvgIpc) is 3.19. The second-order valence-electron chi connectivity index (χ2n) is 8.96. The zero-order chi connectivity index (χ0) is 25.6. The highest BCUT2D eigenvalue weighted by Gasteiger charge is 2.24. The van der Waals surface area contributed by atoms with Crippen molar-refractivity contribution in [3.05, 3.63) is 35.9 Å². The molecule has 0 saturated heterocycles. The standard InChI is InChI=1S/C25H31N3O6S/c1-16(29)32-9-6-10-34-18-13-20(25(3,4)5)24(31)23(14-18)28-26-21-8-7-19(15-22(21)27-28)35-12-11-33-17(2)30/h7-8,13-15,31H,6,9-12H2,1-5H3. The summed E-state index contributed by atoms with van der Waals surface area (Å²) >= 11 is 1.55. The molecule has 0 saturated carbocycles. The number of nitrogens with zero attached hydrogens (tertiary/aromatic N) is 3. The lowest BCUT2D eigenvalue weighted by molar-refractivity contribution is -0.141. The Bertz CT molecular complexity index is 1200. The van der Waals surface area contributed by atoms with Crippen LogP contribution in [0.5, 0.6) is 11.5 Å². The SMILES string of the molecule is CC(=O)OCCCOc1cc(-n2nc3ccc(SCCOC(C)=O)cc3n2)c(O)c(C(C)(C)C)c1. The molecular formula is C25H31N3O6S. The topological polar surface area (TPSA) is 113 Å². The monoisotopic (exact) mass is 501 g/mol. The molecule has 188 valence electrons. The first-order valence-corrected chi connectivity index (χ1v) is 12.3. The molecule has 1 aromatic heterocycles. The fraction of sp³-hybridized carbons (Fsp3) is 0.440. The third kappa shape index (κ3) is 7.35. The molecule has 0 unspecified atom stereocenters. The number of aromatic nitrogens is 3. The molecule has 35 heavy (non-hydrogen) atoms. The highest BCUT2D eigenvalue weighted by atomic mass is 32.2. The van der Waals surface area contributed by atoms with Crippen LogP contribution < -0.4 is 4.74 Å². The number of benzene rings is 2. The van der Waals surface area contributed by atoms with Gasteiger partial charge in [0.05, 0.1) is 13.2 Å². The van der Waals surface area contributed by atoms with E-state index in [2.05, 4.69) is 10.2 Å². The van der Waals surface area contributed by atoms with Crippen LogP contribution in [0.15, 0.2) is 35.2 Å². The van der Waals surface area contributed by atoms with Crippen LogP contribution in [0, 0.1) is 0 Å². The summed E-state index contributed by atoms with van der Waals surface area (Å²) in [4.78, 5) is 24.2. The lowest BCUT2D eigenvalue weighted by atomic mass is 9.86. The number of phenols is 1. The Labute approximate surface area is 208 Å². The third-order valence-electron chi connectivity index (χ3n) is 4.96. The van der Waals surface area contributed by atoms with Gasteiger partial charge in [-0.25, -0.2) is 0 Å². The minimum absolute atomic E-state index is 0.0843. The Morgan fingerprint density at radius 1 is 0.971 bits per heavy atom. The van der Waals surface area contributed by atoms with Crippen LogP contribution in [0.3, 0.4) is 0 Å². The molecule has 2 aromatic carbocycles. The van der Waals surface area contributed by atoms with Crippen molar-refractivity contribution in [2.75, 3.05) is 25.6 Å². The normalized spacial score (nSPS) is 11.5. The van der Waals surface area contributed by atoms with Crippen LogP contribution >= 0.6 is 11.8 Å². The number of hydrogen-bond donors (Lipinski definition) is 1. The van der Waals surface area contributed by atoms with E-state index in [1.54, 1.807) is 17.8 Å². The molecular weight excluding hydrogens is 470 g/mol. The van der Waals surface area contributed by atoms with Crippen LogP contribution in [0.4, 0.5) is 0 Å². The van der Waals surface area contributed by atoms with E-state index in [1.165, 1.54) is 18.6 Å². The first kappa shape index (κ1) is 26.3. The van der Waals surface area contributed by atoms with Crippen molar-refractivity contribution in [2.45, 2.75) is 51.3 Å². The molecule has 0 spiro atoms. The summed E-state index contributed by atoms with van der Waals surface area (Å²) in [6.45, 7) is 9.73. The second kappa shape index (κ2) is 11.4. The Hall–Kier alpha value is -3.27. The van der Waals surface area contributed by atoms with Crippen LogP contribution in [0.1, 0.15) is 46.6 Å². The molecule has 10 heteroatoms. The number of ether oxygens (including phenoxy) is 3. The number of thioether (sulfide) groups is 1.